The smallest absolute Gasteiger partial charge is 0.220 e. The quantitative estimate of drug-likeness (QED) is 0.0310. The molecule has 19 heteroatoms. The third kappa shape index (κ3) is 23.8. The zero-order valence-electron chi connectivity index (χ0n) is 44.3. The molecule has 430 valence electrons. The molecule has 19 nitrogen and oxygen atoms in total. The number of rotatable bonds is 39. The summed E-state index contributed by atoms with van der Waals surface area (Å²) in [5.41, 5.74) is 0. The Morgan fingerprint density at radius 3 is 1.42 bits per heavy atom. The maximum atomic E-state index is 13.1. The highest BCUT2D eigenvalue weighted by Crippen LogP contribution is 2.33. The monoisotopic (exact) mass is 1060 g/mol. The summed E-state index contributed by atoms with van der Waals surface area (Å²) in [6.45, 7) is 1.51. The van der Waals surface area contributed by atoms with Crippen molar-refractivity contribution in [1.82, 2.24) is 5.32 Å². The average Bonchev–Trinajstić information content (AvgIpc) is 3.40. The number of carbonyl (C=O) groups excluding carboxylic acids is 1. The number of ether oxygens (including phenoxy) is 6. The Morgan fingerprint density at radius 1 is 0.486 bits per heavy atom. The molecule has 74 heavy (non-hydrogen) atoms. The van der Waals surface area contributed by atoms with E-state index >= 15 is 0 Å². The minimum Gasteiger partial charge on any atom is -0.394 e. The summed E-state index contributed by atoms with van der Waals surface area (Å²) in [6.07, 6.45) is 14.9. The molecule has 12 N–H and O–H groups in total. The van der Waals surface area contributed by atoms with Gasteiger partial charge in [0.2, 0.25) is 5.91 Å². The van der Waals surface area contributed by atoms with E-state index in [1.807, 2.05) is 13.0 Å². The van der Waals surface area contributed by atoms with Crippen LogP contribution in [0.1, 0.15) is 162 Å². The van der Waals surface area contributed by atoms with Gasteiger partial charge in [0.1, 0.15) is 73.2 Å². The first-order valence-electron chi connectivity index (χ1n) is 27.9. The van der Waals surface area contributed by atoms with E-state index in [1.54, 1.807) is 6.08 Å². The second-order valence-electron chi connectivity index (χ2n) is 20.0. The van der Waals surface area contributed by atoms with Gasteiger partial charge in [0, 0.05) is 6.42 Å². The van der Waals surface area contributed by atoms with E-state index in [2.05, 4.69) is 48.7 Å². The number of hydrogen-bond acceptors (Lipinski definition) is 18. The van der Waals surface area contributed by atoms with Crippen molar-refractivity contribution >= 4 is 5.91 Å². The summed E-state index contributed by atoms with van der Waals surface area (Å²) in [4.78, 5) is 13.1. The van der Waals surface area contributed by atoms with Gasteiger partial charge >= 0.3 is 0 Å². The minimum atomic E-state index is -1.98. The van der Waals surface area contributed by atoms with Gasteiger partial charge in [-0.25, -0.2) is 0 Å². The van der Waals surface area contributed by atoms with Crippen LogP contribution in [0.15, 0.2) is 48.6 Å². The van der Waals surface area contributed by atoms with Crippen LogP contribution in [-0.4, -0.2) is 193 Å². The van der Waals surface area contributed by atoms with E-state index in [-0.39, 0.29) is 18.9 Å². The number of allylic oxidation sites excluding steroid dienone is 7. The molecule has 3 fully saturated rings. The van der Waals surface area contributed by atoms with Gasteiger partial charge in [0.15, 0.2) is 18.9 Å². The van der Waals surface area contributed by atoms with Gasteiger partial charge in [0.25, 0.3) is 0 Å². The molecule has 0 saturated carbocycles. The molecule has 0 spiro atoms. The van der Waals surface area contributed by atoms with Crippen molar-refractivity contribution in [1.29, 1.82) is 0 Å². The van der Waals surface area contributed by atoms with Crippen molar-refractivity contribution in [3.8, 4) is 0 Å². The lowest BCUT2D eigenvalue weighted by Gasteiger charge is -2.48. The van der Waals surface area contributed by atoms with Crippen LogP contribution in [0.4, 0.5) is 0 Å². The lowest BCUT2D eigenvalue weighted by atomic mass is 9.96. The lowest BCUT2D eigenvalue weighted by molar-refractivity contribution is -0.379. The highest BCUT2D eigenvalue weighted by Gasteiger charge is 2.53. The van der Waals surface area contributed by atoms with E-state index in [9.17, 15) is 61.0 Å². The van der Waals surface area contributed by atoms with Crippen molar-refractivity contribution in [2.75, 3.05) is 26.4 Å². The zero-order chi connectivity index (χ0) is 54.1. The summed E-state index contributed by atoms with van der Waals surface area (Å²) in [7, 11) is 0. The van der Waals surface area contributed by atoms with Crippen LogP contribution in [-0.2, 0) is 33.2 Å². The van der Waals surface area contributed by atoms with Crippen LogP contribution in [0.3, 0.4) is 0 Å². The fourth-order valence-corrected chi connectivity index (χ4v) is 9.18. The molecule has 0 radical (unpaired) electrons. The number of aliphatic hydroxyl groups is 11. The molecular weight excluding hydrogens is 963 g/mol. The van der Waals surface area contributed by atoms with Gasteiger partial charge in [-0.2, -0.15) is 0 Å². The molecule has 17 atom stereocenters. The molecule has 0 aliphatic carbocycles. The van der Waals surface area contributed by atoms with Gasteiger partial charge in [-0.15, -0.1) is 0 Å². The molecule has 3 heterocycles. The molecule has 0 aromatic heterocycles. The molecule has 17 unspecified atom stereocenters. The van der Waals surface area contributed by atoms with E-state index in [0.717, 1.165) is 57.8 Å². The van der Waals surface area contributed by atoms with Crippen molar-refractivity contribution in [3.63, 3.8) is 0 Å². The summed E-state index contributed by atoms with van der Waals surface area (Å²) in [6, 6.07) is -0.971. The van der Waals surface area contributed by atoms with Gasteiger partial charge in [-0.05, 0) is 51.4 Å². The molecule has 3 rings (SSSR count). The first-order chi connectivity index (χ1) is 35.8. The highest BCUT2D eigenvalue weighted by molar-refractivity contribution is 5.76. The second-order valence-corrected chi connectivity index (χ2v) is 20.0. The number of aliphatic hydroxyl groups excluding tert-OH is 11. The molecule has 1 amide bonds. The fraction of sp³-hybridized carbons (Fsp3) is 0.836. The van der Waals surface area contributed by atoms with Gasteiger partial charge in [0.05, 0.1) is 38.6 Å². The summed E-state index contributed by atoms with van der Waals surface area (Å²) in [5, 5.41) is 119. The normalized spacial score (nSPS) is 31.8. The highest BCUT2D eigenvalue weighted by atomic mass is 16.8. The number of amides is 1. The Bertz CT molecular complexity index is 1550. The van der Waals surface area contributed by atoms with Crippen molar-refractivity contribution < 1.29 is 89.4 Å². The first-order valence-corrected chi connectivity index (χ1v) is 27.9. The van der Waals surface area contributed by atoms with E-state index in [1.165, 1.54) is 70.6 Å². The van der Waals surface area contributed by atoms with Gasteiger partial charge < -0.3 is 89.9 Å². The maximum absolute atomic E-state index is 13.1. The Kier molecular flexibility index (Phi) is 34.9. The van der Waals surface area contributed by atoms with Crippen LogP contribution >= 0.6 is 0 Å². The summed E-state index contributed by atoms with van der Waals surface area (Å²) < 4.78 is 34.0. The third-order valence-electron chi connectivity index (χ3n) is 13.9. The van der Waals surface area contributed by atoms with Crippen LogP contribution in [0.5, 0.6) is 0 Å². The number of hydrogen-bond donors (Lipinski definition) is 12. The van der Waals surface area contributed by atoms with Crippen LogP contribution in [0.2, 0.25) is 0 Å². The predicted molar refractivity (Wildman–Crippen MR) is 277 cm³/mol. The maximum Gasteiger partial charge on any atom is 0.220 e. The van der Waals surface area contributed by atoms with Crippen LogP contribution in [0.25, 0.3) is 0 Å². The Balaban J connectivity index is 1.38. The molecular formula is C55H97NO18. The van der Waals surface area contributed by atoms with E-state index in [4.69, 9.17) is 28.4 Å². The minimum absolute atomic E-state index is 0.235. The van der Waals surface area contributed by atoms with Gasteiger partial charge in [-0.3, -0.25) is 4.79 Å². The van der Waals surface area contributed by atoms with Crippen molar-refractivity contribution in [2.24, 2.45) is 0 Å². The molecule has 0 bridgehead atoms. The Labute approximate surface area is 440 Å². The average molecular weight is 1060 g/mol. The summed E-state index contributed by atoms with van der Waals surface area (Å²) in [5.74, 6) is -0.292. The summed E-state index contributed by atoms with van der Waals surface area (Å²) >= 11 is 0. The standard InChI is InChI=1S/C55H97NO18/c1-3-5-7-9-10-11-12-13-14-15-16-17-18-19-20-21-22-23-24-25-26-27-28-29-31-33-43(61)56-38(39(60)32-30-8-6-4-2)37-69-53-49(67)46(64)51(41(35-58)71-53)74-55-50(68)47(65)52(42(36-59)72-55)73-54-48(66)45(63)44(62)40(34-57)70-54/h12-13,15-16,18-19,30,32,38-42,44-55,57-60,62-68H,3-11,14,17,20-29,31,33-37H2,1-2H3,(H,56,61)/b13-12-,16-15-,19-18-,32-30+. The number of carbonyl (C=O) groups is 1. The third-order valence-corrected chi connectivity index (χ3v) is 13.9. The second kappa shape index (κ2) is 39.2. The largest absolute Gasteiger partial charge is 0.394 e. The molecule has 3 saturated heterocycles. The lowest BCUT2D eigenvalue weighted by Crippen LogP contribution is -2.66. The number of nitrogens with one attached hydrogen (secondary N) is 1. The van der Waals surface area contributed by atoms with Crippen LogP contribution in [0, 0.1) is 0 Å². The van der Waals surface area contributed by atoms with Gasteiger partial charge in [-0.1, -0.05) is 152 Å². The topological polar surface area (TPSA) is 307 Å². The number of unbranched alkanes of at least 4 members (excludes halogenated alkanes) is 17. The SMILES string of the molecule is CCCC/C=C/C(O)C(COC1OC(CO)C(OC2OC(CO)C(OC3OC(CO)C(O)C(O)C3O)C(O)C2O)C(O)C1O)NC(=O)CCCCCCCCCCCC/C=C\C/C=C\C/C=C\CCCCCCC. The Hall–Kier alpha value is -2.25. The van der Waals surface area contributed by atoms with E-state index in [0.29, 0.717) is 12.8 Å². The first kappa shape index (κ1) is 66.0. The molecule has 3 aliphatic heterocycles. The van der Waals surface area contributed by atoms with E-state index < -0.39 is 124 Å². The predicted octanol–water partition coefficient (Wildman–Crippen LogP) is 3.53. The molecule has 0 aromatic rings. The Morgan fingerprint density at radius 2 is 0.905 bits per heavy atom. The fourth-order valence-electron chi connectivity index (χ4n) is 9.18. The zero-order valence-corrected chi connectivity index (χ0v) is 44.3. The molecule has 3 aliphatic rings. The van der Waals surface area contributed by atoms with Crippen molar-refractivity contribution in [2.45, 2.75) is 266 Å². The van der Waals surface area contributed by atoms with Crippen LogP contribution < -0.4 is 5.32 Å². The van der Waals surface area contributed by atoms with Crippen molar-refractivity contribution in [3.05, 3.63) is 48.6 Å². The molecule has 0 aromatic carbocycles.